The van der Waals surface area contributed by atoms with Crippen molar-refractivity contribution in [2.24, 2.45) is 5.73 Å². The summed E-state index contributed by atoms with van der Waals surface area (Å²) < 4.78 is 10.3. The van der Waals surface area contributed by atoms with E-state index in [0.29, 0.717) is 5.75 Å². The number of methoxy groups -OCH3 is 2. The summed E-state index contributed by atoms with van der Waals surface area (Å²) in [6, 6.07) is 5.46. The van der Waals surface area contributed by atoms with Crippen LogP contribution in [0.3, 0.4) is 0 Å². The molecule has 86 valence electrons. The van der Waals surface area contributed by atoms with Gasteiger partial charge in [0.1, 0.15) is 11.5 Å². The van der Waals surface area contributed by atoms with E-state index in [1.54, 1.807) is 32.4 Å². The highest BCUT2D eigenvalue weighted by molar-refractivity contribution is 5.76. The summed E-state index contributed by atoms with van der Waals surface area (Å²) in [4.78, 5) is 10.6. The summed E-state index contributed by atoms with van der Waals surface area (Å²) in [6.45, 7) is 0. The maximum atomic E-state index is 10.6. The molecule has 0 aliphatic heterocycles. The summed E-state index contributed by atoms with van der Waals surface area (Å²) in [5.74, 6) is 1.06. The van der Waals surface area contributed by atoms with Gasteiger partial charge in [-0.2, -0.15) is 0 Å². The monoisotopic (exact) mass is 221 g/mol. The molecule has 1 aromatic carbocycles. The van der Waals surface area contributed by atoms with E-state index < -0.39 is 0 Å². The molecule has 1 amide bonds. The maximum Gasteiger partial charge on any atom is 0.221 e. The Bertz CT molecular complexity index is 399. The Hall–Kier alpha value is -1.97. The fourth-order valence-corrected chi connectivity index (χ4v) is 1.26. The van der Waals surface area contributed by atoms with Crippen LogP contribution < -0.4 is 15.2 Å². The van der Waals surface area contributed by atoms with Crippen LogP contribution >= 0.6 is 0 Å². The second-order valence-corrected chi connectivity index (χ2v) is 3.18. The van der Waals surface area contributed by atoms with Crippen molar-refractivity contribution in [1.29, 1.82) is 0 Å². The lowest BCUT2D eigenvalue weighted by Gasteiger charge is -2.07. The number of ether oxygens (including phenoxy) is 2. The second kappa shape index (κ2) is 5.80. The molecule has 4 nitrogen and oxygen atoms in total. The van der Waals surface area contributed by atoms with E-state index in [-0.39, 0.29) is 12.3 Å². The van der Waals surface area contributed by atoms with E-state index in [0.717, 1.165) is 11.3 Å². The lowest BCUT2D eigenvalue weighted by molar-refractivity contribution is -0.117. The molecule has 0 fully saturated rings. The van der Waals surface area contributed by atoms with Gasteiger partial charge < -0.3 is 15.2 Å². The standard InChI is InChI=1S/C12H15NO3/c1-15-10-7-6-9(11(8-10)16-2)4-3-5-12(13)14/h3-4,6-8H,5H2,1-2H3,(H2,13,14). The average molecular weight is 221 g/mol. The molecule has 0 radical (unpaired) electrons. The zero-order chi connectivity index (χ0) is 12.0. The fourth-order valence-electron chi connectivity index (χ4n) is 1.26. The van der Waals surface area contributed by atoms with Gasteiger partial charge in [0.15, 0.2) is 0 Å². The third-order valence-corrected chi connectivity index (χ3v) is 2.06. The average Bonchev–Trinajstić information content (AvgIpc) is 2.29. The summed E-state index contributed by atoms with van der Waals surface area (Å²) in [5, 5.41) is 0. The van der Waals surface area contributed by atoms with Gasteiger partial charge in [0, 0.05) is 18.1 Å². The number of hydrogen-bond acceptors (Lipinski definition) is 3. The largest absolute Gasteiger partial charge is 0.497 e. The molecule has 0 spiro atoms. The molecule has 0 aromatic heterocycles. The minimum atomic E-state index is -0.358. The van der Waals surface area contributed by atoms with Gasteiger partial charge in [-0.3, -0.25) is 4.79 Å². The van der Waals surface area contributed by atoms with Crippen molar-refractivity contribution in [3.05, 3.63) is 29.8 Å². The van der Waals surface area contributed by atoms with E-state index in [4.69, 9.17) is 15.2 Å². The first-order valence-electron chi connectivity index (χ1n) is 4.84. The zero-order valence-electron chi connectivity index (χ0n) is 9.40. The van der Waals surface area contributed by atoms with E-state index >= 15 is 0 Å². The van der Waals surface area contributed by atoms with Crippen LogP contribution in [0, 0.1) is 0 Å². The van der Waals surface area contributed by atoms with Crippen LogP contribution in [0.15, 0.2) is 24.3 Å². The topological polar surface area (TPSA) is 61.5 Å². The summed E-state index contributed by atoms with van der Waals surface area (Å²) in [6.07, 6.45) is 3.71. The molecule has 0 unspecified atom stereocenters. The summed E-state index contributed by atoms with van der Waals surface area (Å²) >= 11 is 0. The Morgan fingerprint density at radius 2 is 2.12 bits per heavy atom. The molecule has 0 bridgehead atoms. The number of carbonyl (C=O) groups excluding carboxylic acids is 1. The predicted molar refractivity (Wildman–Crippen MR) is 62.4 cm³/mol. The Morgan fingerprint density at radius 1 is 1.38 bits per heavy atom. The highest BCUT2D eigenvalue weighted by Gasteiger charge is 2.01. The SMILES string of the molecule is COc1ccc(C=CCC(N)=O)c(OC)c1. The minimum absolute atomic E-state index is 0.217. The van der Waals surface area contributed by atoms with Gasteiger partial charge in [0.25, 0.3) is 0 Å². The second-order valence-electron chi connectivity index (χ2n) is 3.18. The number of primary amides is 1. The number of amides is 1. The smallest absolute Gasteiger partial charge is 0.221 e. The number of benzene rings is 1. The molecule has 0 saturated carbocycles. The number of hydrogen-bond donors (Lipinski definition) is 1. The lowest BCUT2D eigenvalue weighted by Crippen LogP contribution is -2.07. The van der Waals surface area contributed by atoms with Crippen molar-refractivity contribution in [3.8, 4) is 11.5 Å². The Morgan fingerprint density at radius 3 is 2.69 bits per heavy atom. The molecule has 4 heteroatoms. The van der Waals surface area contributed by atoms with Crippen LogP contribution in [-0.4, -0.2) is 20.1 Å². The molecular weight excluding hydrogens is 206 g/mol. The fraction of sp³-hybridized carbons (Fsp3) is 0.250. The molecule has 0 aliphatic rings. The predicted octanol–water partition coefficient (Wildman–Crippen LogP) is 1.59. The molecule has 0 aliphatic carbocycles. The van der Waals surface area contributed by atoms with E-state index in [1.807, 2.05) is 12.1 Å². The Labute approximate surface area is 94.7 Å². The number of rotatable bonds is 5. The van der Waals surface area contributed by atoms with Crippen LogP contribution in [0.5, 0.6) is 11.5 Å². The normalized spacial score (nSPS) is 10.4. The molecule has 16 heavy (non-hydrogen) atoms. The van der Waals surface area contributed by atoms with Crippen molar-refractivity contribution < 1.29 is 14.3 Å². The maximum absolute atomic E-state index is 10.6. The first-order chi connectivity index (χ1) is 7.67. The quantitative estimate of drug-likeness (QED) is 0.821. The highest BCUT2D eigenvalue weighted by Crippen LogP contribution is 2.25. The van der Waals surface area contributed by atoms with Gasteiger partial charge in [0.2, 0.25) is 5.91 Å². The molecule has 1 rings (SSSR count). The van der Waals surface area contributed by atoms with Crippen LogP contribution in [-0.2, 0) is 4.79 Å². The number of carbonyl (C=O) groups is 1. The minimum Gasteiger partial charge on any atom is -0.497 e. The van der Waals surface area contributed by atoms with Crippen LogP contribution in [0.1, 0.15) is 12.0 Å². The first kappa shape index (κ1) is 12.1. The lowest BCUT2D eigenvalue weighted by atomic mass is 10.1. The van der Waals surface area contributed by atoms with Gasteiger partial charge in [-0.1, -0.05) is 12.2 Å². The van der Waals surface area contributed by atoms with Gasteiger partial charge in [0.05, 0.1) is 14.2 Å². The zero-order valence-corrected chi connectivity index (χ0v) is 9.40. The third-order valence-electron chi connectivity index (χ3n) is 2.06. The van der Waals surface area contributed by atoms with Crippen LogP contribution in [0.25, 0.3) is 6.08 Å². The first-order valence-corrected chi connectivity index (χ1v) is 4.84. The molecule has 0 saturated heterocycles. The van der Waals surface area contributed by atoms with Gasteiger partial charge in [-0.15, -0.1) is 0 Å². The van der Waals surface area contributed by atoms with Gasteiger partial charge >= 0.3 is 0 Å². The number of nitrogens with two attached hydrogens (primary N) is 1. The molecule has 1 aromatic rings. The van der Waals surface area contributed by atoms with Gasteiger partial charge in [-0.25, -0.2) is 0 Å². The molecule has 0 heterocycles. The summed E-state index contributed by atoms with van der Waals surface area (Å²) in [7, 11) is 3.18. The molecule has 0 atom stereocenters. The van der Waals surface area contributed by atoms with Crippen molar-refractivity contribution in [3.63, 3.8) is 0 Å². The van der Waals surface area contributed by atoms with E-state index in [9.17, 15) is 4.79 Å². The van der Waals surface area contributed by atoms with Crippen molar-refractivity contribution in [2.45, 2.75) is 6.42 Å². The molecule has 2 N–H and O–H groups in total. The van der Waals surface area contributed by atoms with Crippen molar-refractivity contribution in [1.82, 2.24) is 0 Å². The van der Waals surface area contributed by atoms with E-state index in [2.05, 4.69) is 0 Å². The Kier molecular flexibility index (Phi) is 4.39. The van der Waals surface area contributed by atoms with Gasteiger partial charge in [-0.05, 0) is 12.1 Å². The third kappa shape index (κ3) is 3.31. The highest BCUT2D eigenvalue weighted by atomic mass is 16.5. The van der Waals surface area contributed by atoms with Crippen LogP contribution in [0.4, 0.5) is 0 Å². The van der Waals surface area contributed by atoms with E-state index in [1.165, 1.54) is 0 Å². The van der Waals surface area contributed by atoms with Crippen LogP contribution in [0.2, 0.25) is 0 Å². The van der Waals surface area contributed by atoms with Crippen molar-refractivity contribution in [2.75, 3.05) is 14.2 Å². The van der Waals surface area contributed by atoms with Crippen molar-refractivity contribution >= 4 is 12.0 Å². The summed E-state index contributed by atoms with van der Waals surface area (Å²) in [5.41, 5.74) is 5.91. The Balaban J connectivity index is 2.87. The molecular formula is C12H15NO3.